The maximum atomic E-state index is 12.5. The summed E-state index contributed by atoms with van der Waals surface area (Å²) in [7, 11) is 0. The van der Waals surface area contributed by atoms with Crippen LogP contribution in [0.15, 0.2) is 10.5 Å². The number of carbonyl (C=O) groups is 2. The van der Waals surface area contributed by atoms with Crippen molar-refractivity contribution in [3.63, 3.8) is 0 Å². The molecule has 1 fully saturated rings. The number of Topliss-reactive ketones (excluding diaryl/α,β-unsaturated/α-hetero) is 1. The Morgan fingerprint density at radius 3 is 2.45 bits per heavy atom. The second-order valence-corrected chi connectivity index (χ2v) is 7.86. The predicted molar refractivity (Wildman–Crippen MR) is 83.5 cm³/mol. The Hall–Kier alpha value is -0.680. The Labute approximate surface area is 131 Å². The van der Waals surface area contributed by atoms with Gasteiger partial charge in [-0.3, -0.25) is 9.59 Å². The number of ketones is 1. The SMILES string of the molecule is Cc1sc(C(=O)CC2(CC(=O)O)CCCCC2)cc1Br. The topological polar surface area (TPSA) is 54.4 Å². The van der Waals surface area contributed by atoms with E-state index in [1.165, 1.54) is 11.3 Å². The van der Waals surface area contributed by atoms with Crippen LogP contribution in [0.2, 0.25) is 0 Å². The number of aryl methyl sites for hydroxylation is 1. The van der Waals surface area contributed by atoms with Crippen LogP contribution in [0.4, 0.5) is 0 Å². The zero-order valence-electron chi connectivity index (χ0n) is 11.6. The maximum absolute atomic E-state index is 12.5. The zero-order chi connectivity index (χ0) is 14.8. The number of aliphatic carboxylic acids is 1. The molecule has 20 heavy (non-hydrogen) atoms. The summed E-state index contributed by atoms with van der Waals surface area (Å²) in [5.41, 5.74) is -0.328. The van der Waals surface area contributed by atoms with Crippen molar-refractivity contribution in [3.05, 3.63) is 20.3 Å². The van der Waals surface area contributed by atoms with E-state index < -0.39 is 5.97 Å². The lowest BCUT2D eigenvalue weighted by Gasteiger charge is -2.35. The summed E-state index contributed by atoms with van der Waals surface area (Å²) in [6, 6.07) is 1.86. The van der Waals surface area contributed by atoms with Crippen LogP contribution in [-0.4, -0.2) is 16.9 Å². The van der Waals surface area contributed by atoms with E-state index in [1.807, 2.05) is 13.0 Å². The van der Waals surface area contributed by atoms with Gasteiger partial charge in [0.15, 0.2) is 5.78 Å². The van der Waals surface area contributed by atoms with E-state index in [-0.39, 0.29) is 17.6 Å². The Balaban J connectivity index is 2.14. The molecular weight excluding hydrogens is 340 g/mol. The molecule has 0 amide bonds. The molecule has 0 unspecified atom stereocenters. The molecule has 0 radical (unpaired) electrons. The van der Waals surface area contributed by atoms with Crippen molar-refractivity contribution in [2.45, 2.75) is 51.9 Å². The van der Waals surface area contributed by atoms with E-state index in [2.05, 4.69) is 15.9 Å². The van der Waals surface area contributed by atoms with Crippen LogP contribution >= 0.6 is 27.3 Å². The van der Waals surface area contributed by atoms with Crippen LogP contribution in [0.3, 0.4) is 0 Å². The number of thiophene rings is 1. The lowest BCUT2D eigenvalue weighted by atomic mass is 9.69. The second kappa shape index (κ2) is 6.39. The molecular formula is C15H19BrO3S. The molecule has 1 aromatic rings. The molecule has 0 aromatic carbocycles. The molecule has 5 heteroatoms. The number of hydrogen-bond acceptors (Lipinski definition) is 3. The Kier molecular flexibility index (Phi) is 5.02. The first-order chi connectivity index (χ1) is 9.42. The third kappa shape index (κ3) is 3.70. The molecule has 1 aromatic heterocycles. The third-order valence-electron chi connectivity index (χ3n) is 4.11. The molecule has 0 bridgehead atoms. The van der Waals surface area contributed by atoms with E-state index in [9.17, 15) is 9.59 Å². The van der Waals surface area contributed by atoms with Crippen molar-refractivity contribution in [1.82, 2.24) is 0 Å². The van der Waals surface area contributed by atoms with Gasteiger partial charge in [-0.25, -0.2) is 0 Å². The van der Waals surface area contributed by atoms with Crippen LogP contribution in [0.1, 0.15) is 59.5 Å². The highest BCUT2D eigenvalue weighted by Gasteiger charge is 2.36. The molecule has 0 saturated heterocycles. The maximum Gasteiger partial charge on any atom is 0.303 e. The van der Waals surface area contributed by atoms with Gasteiger partial charge in [-0.1, -0.05) is 19.3 Å². The van der Waals surface area contributed by atoms with Crippen LogP contribution in [0, 0.1) is 12.3 Å². The minimum absolute atomic E-state index is 0.0898. The molecule has 0 aliphatic heterocycles. The van der Waals surface area contributed by atoms with Gasteiger partial charge in [0.1, 0.15) is 0 Å². The highest BCUT2D eigenvalue weighted by Crippen LogP contribution is 2.43. The van der Waals surface area contributed by atoms with E-state index in [4.69, 9.17) is 5.11 Å². The van der Waals surface area contributed by atoms with Gasteiger partial charge < -0.3 is 5.11 Å². The first kappa shape index (κ1) is 15.7. The zero-order valence-corrected chi connectivity index (χ0v) is 14.0. The number of rotatable bonds is 5. The summed E-state index contributed by atoms with van der Waals surface area (Å²) in [4.78, 5) is 25.4. The lowest BCUT2D eigenvalue weighted by Crippen LogP contribution is -2.30. The van der Waals surface area contributed by atoms with Crippen molar-refractivity contribution >= 4 is 39.0 Å². The Morgan fingerprint density at radius 2 is 1.95 bits per heavy atom. The van der Waals surface area contributed by atoms with Gasteiger partial charge in [0.05, 0.1) is 11.3 Å². The van der Waals surface area contributed by atoms with Gasteiger partial charge >= 0.3 is 5.97 Å². The van der Waals surface area contributed by atoms with Gasteiger partial charge in [-0.2, -0.15) is 0 Å². The monoisotopic (exact) mass is 358 g/mol. The smallest absolute Gasteiger partial charge is 0.303 e. The standard InChI is InChI=1S/C15H19BrO3S/c1-10-11(16)7-13(20-10)12(17)8-15(9-14(18)19)5-3-2-4-6-15/h7H,2-6,8-9H2,1H3,(H,18,19). The summed E-state index contributed by atoms with van der Waals surface area (Å²) in [6.07, 6.45) is 5.42. The molecule has 1 aliphatic rings. The first-order valence-corrected chi connectivity index (χ1v) is 8.54. The van der Waals surface area contributed by atoms with Gasteiger partial charge in [-0.15, -0.1) is 11.3 Å². The molecule has 0 atom stereocenters. The average molecular weight is 359 g/mol. The lowest BCUT2D eigenvalue weighted by molar-refractivity contribution is -0.140. The molecule has 1 heterocycles. The van der Waals surface area contributed by atoms with E-state index in [0.29, 0.717) is 6.42 Å². The van der Waals surface area contributed by atoms with Crippen molar-refractivity contribution in [2.24, 2.45) is 5.41 Å². The van der Waals surface area contributed by atoms with E-state index in [0.717, 1.165) is 46.3 Å². The largest absolute Gasteiger partial charge is 0.481 e. The Morgan fingerprint density at radius 1 is 1.30 bits per heavy atom. The average Bonchev–Trinajstić information content (AvgIpc) is 2.69. The molecule has 0 spiro atoms. The number of hydrogen-bond donors (Lipinski definition) is 1. The summed E-state index contributed by atoms with van der Waals surface area (Å²) in [5, 5.41) is 9.15. The fourth-order valence-corrected chi connectivity index (χ4v) is 4.54. The van der Waals surface area contributed by atoms with Crippen LogP contribution in [0.25, 0.3) is 0 Å². The minimum atomic E-state index is -0.789. The third-order valence-corrected chi connectivity index (χ3v) is 6.29. The summed E-state index contributed by atoms with van der Waals surface area (Å²) < 4.78 is 0.960. The van der Waals surface area contributed by atoms with Crippen molar-refractivity contribution in [3.8, 4) is 0 Å². The summed E-state index contributed by atoms with van der Waals surface area (Å²) >= 11 is 4.91. The highest BCUT2D eigenvalue weighted by molar-refractivity contribution is 9.10. The molecule has 1 saturated carbocycles. The van der Waals surface area contributed by atoms with Crippen LogP contribution in [0.5, 0.6) is 0 Å². The number of carboxylic acids is 1. The number of carbonyl (C=O) groups excluding carboxylic acids is 1. The summed E-state index contributed by atoms with van der Waals surface area (Å²) in [6.45, 7) is 1.97. The van der Waals surface area contributed by atoms with Crippen LogP contribution < -0.4 is 0 Å². The molecule has 1 N–H and O–H groups in total. The minimum Gasteiger partial charge on any atom is -0.481 e. The Bertz CT molecular complexity index is 496. The van der Waals surface area contributed by atoms with Crippen LogP contribution in [-0.2, 0) is 4.79 Å². The van der Waals surface area contributed by atoms with E-state index in [1.54, 1.807) is 0 Å². The fraction of sp³-hybridized carbons (Fsp3) is 0.600. The quantitative estimate of drug-likeness (QED) is 0.767. The number of halogens is 1. The summed E-state index contributed by atoms with van der Waals surface area (Å²) in [5.74, 6) is -0.699. The van der Waals surface area contributed by atoms with Gasteiger partial charge in [0.25, 0.3) is 0 Å². The normalized spacial score (nSPS) is 17.9. The first-order valence-electron chi connectivity index (χ1n) is 6.93. The molecule has 3 nitrogen and oxygen atoms in total. The molecule has 1 aliphatic carbocycles. The van der Waals surface area contributed by atoms with Crippen molar-refractivity contribution < 1.29 is 14.7 Å². The predicted octanol–water partition coefficient (Wildman–Crippen LogP) is 4.82. The van der Waals surface area contributed by atoms with E-state index >= 15 is 0 Å². The van der Waals surface area contributed by atoms with Gasteiger partial charge in [-0.05, 0) is 47.2 Å². The molecule has 2 rings (SSSR count). The van der Waals surface area contributed by atoms with Gasteiger partial charge in [0.2, 0.25) is 0 Å². The van der Waals surface area contributed by atoms with Crippen molar-refractivity contribution in [1.29, 1.82) is 0 Å². The highest BCUT2D eigenvalue weighted by atomic mass is 79.9. The second-order valence-electron chi connectivity index (χ2n) is 5.75. The molecule has 110 valence electrons. The van der Waals surface area contributed by atoms with Crippen molar-refractivity contribution in [2.75, 3.05) is 0 Å². The fourth-order valence-electron chi connectivity index (χ4n) is 3.06. The number of carboxylic acid groups (broad SMARTS) is 1. The van der Waals surface area contributed by atoms with Gasteiger partial charge in [0, 0.05) is 15.8 Å².